The Morgan fingerprint density at radius 2 is 1.71 bits per heavy atom. The average Bonchev–Trinajstić information content (AvgIpc) is 1.98. The van der Waals surface area contributed by atoms with Crippen LogP contribution in [0, 0.1) is 0 Å². The molecule has 86 valence electrons. The van der Waals surface area contributed by atoms with Crippen molar-refractivity contribution in [3.63, 3.8) is 0 Å². The Bertz CT molecular complexity index is 275. The molecule has 14 heavy (non-hydrogen) atoms. The maximum absolute atomic E-state index is 12.2. The van der Waals surface area contributed by atoms with Gasteiger partial charge in [-0.3, -0.25) is 4.55 Å². The molecule has 0 rings (SSSR count). The van der Waals surface area contributed by atoms with Crippen molar-refractivity contribution in [3.05, 3.63) is 0 Å². The number of rotatable bonds is 5. The van der Waals surface area contributed by atoms with Gasteiger partial charge in [0.2, 0.25) is 5.50 Å². The number of alkyl halides is 5. The zero-order valence-electron chi connectivity index (χ0n) is 6.33. The Hall–Kier alpha value is -0.480. The van der Waals surface area contributed by atoms with E-state index in [4.69, 9.17) is 4.55 Å². The summed E-state index contributed by atoms with van der Waals surface area (Å²) >= 11 is 0. The highest BCUT2D eigenvalue weighted by Gasteiger charge is 2.43. The zero-order valence-corrected chi connectivity index (χ0v) is 7.15. The molecule has 0 aliphatic carbocycles. The van der Waals surface area contributed by atoms with Gasteiger partial charge >= 0.3 is 12.5 Å². The monoisotopic (exact) mass is 244 g/mol. The van der Waals surface area contributed by atoms with E-state index in [0.717, 1.165) is 0 Å². The van der Waals surface area contributed by atoms with Gasteiger partial charge in [-0.05, 0) is 0 Å². The quantitative estimate of drug-likeness (QED) is 0.579. The van der Waals surface area contributed by atoms with Crippen LogP contribution in [0.15, 0.2) is 0 Å². The Kier molecular flexibility index (Phi) is 4.21. The van der Waals surface area contributed by atoms with E-state index >= 15 is 0 Å². The molecule has 0 spiro atoms. The van der Waals surface area contributed by atoms with Gasteiger partial charge in [0, 0.05) is 0 Å². The van der Waals surface area contributed by atoms with E-state index in [1.807, 2.05) is 0 Å². The fraction of sp³-hybridized carbons (Fsp3) is 1.00. The van der Waals surface area contributed by atoms with Gasteiger partial charge in [0.15, 0.2) is 0 Å². The normalized spacial score (nSPS) is 15.9. The number of halogens is 5. The molecular weight excluding hydrogens is 239 g/mol. The lowest BCUT2D eigenvalue weighted by atomic mass is 10.6. The average molecular weight is 244 g/mol. The van der Waals surface area contributed by atoms with Crippen LogP contribution in [0.2, 0.25) is 0 Å². The molecular formula is C4H5F5O4S. The van der Waals surface area contributed by atoms with Gasteiger partial charge in [-0.15, -0.1) is 0 Å². The Morgan fingerprint density at radius 3 is 2.00 bits per heavy atom. The van der Waals surface area contributed by atoms with Crippen LogP contribution >= 0.6 is 0 Å². The molecule has 1 N–H and O–H groups in total. The van der Waals surface area contributed by atoms with Crippen LogP contribution in [-0.4, -0.2) is 37.6 Å². The highest BCUT2D eigenvalue weighted by atomic mass is 32.2. The topological polar surface area (TPSA) is 63.6 Å². The minimum Gasteiger partial charge on any atom is -0.312 e. The van der Waals surface area contributed by atoms with Crippen LogP contribution in [0.25, 0.3) is 0 Å². The second-order valence-corrected chi connectivity index (χ2v) is 3.64. The molecule has 0 aromatic rings. The maximum Gasteiger partial charge on any atom is 0.416 e. The lowest BCUT2D eigenvalue weighted by Gasteiger charge is -2.15. The summed E-state index contributed by atoms with van der Waals surface area (Å²) in [5, 5.41) is 0. The largest absolute Gasteiger partial charge is 0.416 e. The molecule has 0 aliphatic rings. The summed E-state index contributed by atoms with van der Waals surface area (Å²) in [6.45, 7) is -1.88. The van der Waals surface area contributed by atoms with Crippen LogP contribution in [0.4, 0.5) is 22.0 Å². The van der Waals surface area contributed by atoms with Crippen molar-refractivity contribution in [3.8, 4) is 0 Å². The summed E-state index contributed by atoms with van der Waals surface area (Å²) in [5.74, 6) is 0. The second kappa shape index (κ2) is 4.36. The molecule has 0 fully saturated rings. The van der Waals surface area contributed by atoms with E-state index < -0.39 is 34.8 Å². The number of ether oxygens (including phenoxy) is 1. The van der Waals surface area contributed by atoms with Gasteiger partial charge in [-0.1, -0.05) is 0 Å². The van der Waals surface area contributed by atoms with E-state index in [0.29, 0.717) is 0 Å². The van der Waals surface area contributed by atoms with Gasteiger partial charge in [0.1, 0.15) is 6.61 Å². The summed E-state index contributed by atoms with van der Waals surface area (Å²) in [5.41, 5.74) is -3.19. The van der Waals surface area contributed by atoms with Crippen molar-refractivity contribution < 1.29 is 39.7 Å². The lowest BCUT2D eigenvalue weighted by molar-refractivity contribution is -0.302. The van der Waals surface area contributed by atoms with E-state index in [2.05, 4.69) is 4.74 Å². The van der Waals surface area contributed by atoms with E-state index in [1.54, 1.807) is 0 Å². The molecule has 0 bridgehead atoms. The van der Waals surface area contributed by atoms with E-state index in [1.165, 1.54) is 0 Å². The zero-order chi connectivity index (χ0) is 11.6. The molecule has 0 saturated carbocycles. The van der Waals surface area contributed by atoms with Crippen LogP contribution in [0.5, 0.6) is 0 Å². The summed E-state index contributed by atoms with van der Waals surface area (Å²) in [6, 6.07) is 0. The molecule has 0 aliphatic heterocycles. The first-order chi connectivity index (χ1) is 6.07. The molecule has 0 heterocycles. The molecule has 0 aromatic heterocycles. The van der Waals surface area contributed by atoms with Crippen LogP contribution in [-0.2, 0) is 14.9 Å². The summed E-state index contributed by atoms with van der Waals surface area (Å²) in [6.07, 6.45) is -9.16. The van der Waals surface area contributed by atoms with Gasteiger partial charge in [-0.2, -0.15) is 17.2 Å². The Labute approximate surface area is 75.4 Å². The molecule has 0 radical (unpaired) electrons. The van der Waals surface area contributed by atoms with Crippen molar-refractivity contribution in [2.45, 2.75) is 18.0 Å². The second-order valence-electron chi connectivity index (χ2n) is 2.10. The van der Waals surface area contributed by atoms with Crippen LogP contribution in [0.1, 0.15) is 0 Å². The number of hydrogen-bond acceptors (Lipinski definition) is 3. The highest BCUT2D eigenvalue weighted by molar-refractivity contribution is 7.86. The SMILES string of the molecule is O=S(=O)(O)C(F)COC(F)(F)C(F)F. The maximum atomic E-state index is 12.2. The van der Waals surface area contributed by atoms with Crippen molar-refractivity contribution in [2.75, 3.05) is 6.61 Å². The summed E-state index contributed by atoms with van der Waals surface area (Å²) < 4.78 is 89.3. The first-order valence-electron chi connectivity index (χ1n) is 2.97. The first-order valence-corrected chi connectivity index (χ1v) is 4.48. The highest BCUT2D eigenvalue weighted by Crippen LogP contribution is 2.24. The molecule has 1 unspecified atom stereocenters. The first kappa shape index (κ1) is 13.5. The smallest absolute Gasteiger partial charge is 0.312 e. The fourth-order valence-electron chi connectivity index (χ4n) is 0.326. The predicted molar refractivity (Wildman–Crippen MR) is 33.3 cm³/mol. The van der Waals surface area contributed by atoms with Crippen molar-refractivity contribution >= 4 is 10.1 Å². The molecule has 1 atom stereocenters. The molecule has 0 aromatic carbocycles. The van der Waals surface area contributed by atoms with Gasteiger partial charge < -0.3 is 4.74 Å². The lowest BCUT2D eigenvalue weighted by Crippen LogP contribution is -2.34. The number of hydrogen-bond donors (Lipinski definition) is 1. The predicted octanol–water partition coefficient (Wildman–Crippen LogP) is 1.04. The molecule has 0 amide bonds. The van der Waals surface area contributed by atoms with E-state index in [-0.39, 0.29) is 0 Å². The van der Waals surface area contributed by atoms with Crippen molar-refractivity contribution in [1.29, 1.82) is 0 Å². The standard InChI is InChI=1S/C4H5F5O4S/c5-2(14(10,11)12)1-13-4(8,9)3(6)7/h2-3H,1H2,(H,10,11,12). The Morgan fingerprint density at radius 1 is 1.29 bits per heavy atom. The molecule has 4 nitrogen and oxygen atoms in total. The van der Waals surface area contributed by atoms with Crippen LogP contribution in [0.3, 0.4) is 0 Å². The van der Waals surface area contributed by atoms with E-state index in [9.17, 15) is 30.4 Å². The van der Waals surface area contributed by atoms with Gasteiger partial charge in [-0.25, -0.2) is 13.2 Å². The minimum atomic E-state index is -5.22. The van der Waals surface area contributed by atoms with Crippen molar-refractivity contribution in [2.24, 2.45) is 0 Å². The minimum absolute atomic E-state index is 1.88. The Balaban J connectivity index is 4.20. The summed E-state index contributed by atoms with van der Waals surface area (Å²) in [7, 11) is -5.22. The van der Waals surface area contributed by atoms with Gasteiger partial charge in [0.25, 0.3) is 10.1 Å². The van der Waals surface area contributed by atoms with Gasteiger partial charge in [0.05, 0.1) is 0 Å². The summed E-state index contributed by atoms with van der Waals surface area (Å²) in [4.78, 5) is 0. The van der Waals surface area contributed by atoms with Crippen LogP contribution < -0.4 is 0 Å². The third kappa shape index (κ3) is 4.15. The fourth-order valence-corrected chi connectivity index (χ4v) is 0.566. The molecule has 0 saturated heterocycles. The van der Waals surface area contributed by atoms with Crippen molar-refractivity contribution in [1.82, 2.24) is 0 Å². The third-order valence-corrected chi connectivity index (χ3v) is 1.77. The molecule has 10 heteroatoms. The third-order valence-electron chi connectivity index (χ3n) is 0.984.